The highest BCUT2D eigenvalue weighted by Gasteiger charge is 2.49. The molecule has 1 rings (SSSR count). The largest absolute Gasteiger partial charge is 0.312 e. The molecule has 0 bridgehead atoms. The summed E-state index contributed by atoms with van der Waals surface area (Å²) in [5.74, 6) is 0.382. The maximum Gasteiger partial charge on any atom is 0.199 e. The van der Waals surface area contributed by atoms with Crippen molar-refractivity contribution in [3.8, 4) is 0 Å². The van der Waals surface area contributed by atoms with Crippen molar-refractivity contribution in [2.75, 3.05) is 17.3 Å². The number of rotatable bonds is 4. The van der Waals surface area contributed by atoms with E-state index in [9.17, 15) is 13.6 Å². The molecule has 4 nitrogen and oxygen atoms in total. The van der Waals surface area contributed by atoms with Crippen LogP contribution in [0.5, 0.6) is 0 Å². The van der Waals surface area contributed by atoms with Crippen molar-refractivity contribution in [2.24, 2.45) is 0 Å². The van der Waals surface area contributed by atoms with Crippen LogP contribution in [0.3, 0.4) is 0 Å². The van der Waals surface area contributed by atoms with Crippen LogP contribution >= 0.6 is 26.7 Å². The molecule has 0 aromatic rings. The third-order valence-corrected chi connectivity index (χ3v) is 6.48. The van der Waals surface area contributed by atoms with Gasteiger partial charge in [0.2, 0.25) is 0 Å². The van der Waals surface area contributed by atoms with Crippen molar-refractivity contribution in [3.63, 3.8) is 0 Å². The van der Waals surface area contributed by atoms with Crippen molar-refractivity contribution in [3.05, 3.63) is 11.1 Å². The number of hydrogen-bond donors (Lipinski definition) is 1. The first-order valence-corrected chi connectivity index (χ1v) is 10.1. The third kappa shape index (κ3) is 2.95. The number of hydroxylamine groups is 2. The predicted octanol–water partition coefficient (Wildman–Crippen LogP) is 2.63. The molecular weight excluding hydrogens is 338 g/mol. The van der Waals surface area contributed by atoms with Crippen LogP contribution < -0.4 is 0 Å². The van der Waals surface area contributed by atoms with Gasteiger partial charge < -0.3 is 5.21 Å². The van der Waals surface area contributed by atoms with E-state index in [2.05, 4.69) is 15.9 Å². The lowest BCUT2D eigenvalue weighted by atomic mass is 9.93. The second-order valence-electron chi connectivity index (χ2n) is 5.49. The Kier molecular flexibility index (Phi) is 4.66. The SMILES string of the molecule is CC1(C)C(CBr)=C(CSS(C)(=O)=O)C(C)(C)N1O. The van der Waals surface area contributed by atoms with Crippen molar-refractivity contribution in [1.82, 2.24) is 5.06 Å². The van der Waals surface area contributed by atoms with E-state index in [0.717, 1.165) is 21.9 Å². The lowest BCUT2D eigenvalue weighted by Gasteiger charge is -2.37. The van der Waals surface area contributed by atoms with Crippen molar-refractivity contribution in [2.45, 2.75) is 38.8 Å². The fourth-order valence-electron chi connectivity index (χ4n) is 2.37. The first kappa shape index (κ1) is 16.5. The fourth-order valence-corrected chi connectivity index (χ4v) is 5.25. The lowest BCUT2D eigenvalue weighted by Crippen LogP contribution is -2.49. The van der Waals surface area contributed by atoms with Gasteiger partial charge in [0, 0.05) is 17.3 Å². The van der Waals surface area contributed by atoms with Gasteiger partial charge in [0.1, 0.15) is 0 Å². The molecule has 0 saturated carbocycles. The highest BCUT2D eigenvalue weighted by molar-refractivity contribution is 9.09. The number of nitrogens with zero attached hydrogens (tertiary/aromatic N) is 1. The Hall–Kier alpha value is 0.440. The molecule has 106 valence electrons. The minimum Gasteiger partial charge on any atom is -0.312 e. The summed E-state index contributed by atoms with van der Waals surface area (Å²) in [4.78, 5) is 0. The topological polar surface area (TPSA) is 57.6 Å². The maximum atomic E-state index is 11.3. The van der Waals surface area contributed by atoms with Gasteiger partial charge in [-0.3, -0.25) is 0 Å². The summed E-state index contributed by atoms with van der Waals surface area (Å²) in [5, 5.41) is 12.2. The van der Waals surface area contributed by atoms with E-state index in [1.165, 1.54) is 11.3 Å². The maximum absolute atomic E-state index is 11.3. The van der Waals surface area contributed by atoms with E-state index in [1.54, 1.807) is 0 Å². The van der Waals surface area contributed by atoms with Gasteiger partial charge in [-0.15, -0.1) is 0 Å². The van der Waals surface area contributed by atoms with Crippen LogP contribution in [0.25, 0.3) is 0 Å². The van der Waals surface area contributed by atoms with Crippen LogP contribution in [0.2, 0.25) is 0 Å². The summed E-state index contributed by atoms with van der Waals surface area (Å²) in [7, 11) is -2.17. The molecular formula is C11H20BrNO3S2. The molecule has 0 aromatic heterocycles. The molecule has 0 aliphatic carbocycles. The van der Waals surface area contributed by atoms with Crippen LogP contribution in [-0.2, 0) is 8.87 Å². The van der Waals surface area contributed by atoms with E-state index in [4.69, 9.17) is 0 Å². The highest BCUT2D eigenvalue weighted by Crippen LogP contribution is 2.45. The van der Waals surface area contributed by atoms with Crippen LogP contribution in [0, 0.1) is 0 Å². The average molecular weight is 358 g/mol. The Morgan fingerprint density at radius 3 is 2.06 bits per heavy atom. The number of alkyl halides is 1. The van der Waals surface area contributed by atoms with Gasteiger partial charge in [0.15, 0.2) is 8.87 Å². The first-order valence-electron chi connectivity index (χ1n) is 5.57. The van der Waals surface area contributed by atoms with E-state index in [-0.39, 0.29) is 0 Å². The molecule has 1 aliphatic rings. The zero-order valence-electron chi connectivity index (χ0n) is 11.3. The second kappa shape index (κ2) is 5.09. The van der Waals surface area contributed by atoms with Gasteiger partial charge in [-0.2, -0.15) is 5.06 Å². The first-order chi connectivity index (χ1) is 7.94. The molecule has 0 spiro atoms. The molecule has 0 fully saturated rings. The minimum absolute atomic E-state index is 0.382. The quantitative estimate of drug-likeness (QED) is 0.476. The molecule has 0 aromatic carbocycles. The highest BCUT2D eigenvalue weighted by atomic mass is 79.9. The van der Waals surface area contributed by atoms with Gasteiger partial charge in [0.05, 0.1) is 11.1 Å². The lowest BCUT2D eigenvalue weighted by molar-refractivity contribution is -0.186. The third-order valence-electron chi connectivity index (χ3n) is 3.45. The smallest absolute Gasteiger partial charge is 0.199 e. The molecule has 0 saturated heterocycles. The summed E-state index contributed by atoms with van der Waals surface area (Å²) >= 11 is 3.44. The molecule has 7 heteroatoms. The Morgan fingerprint density at radius 2 is 1.67 bits per heavy atom. The summed E-state index contributed by atoms with van der Waals surface area (Å²) in [6, 6.07) is 0. The Morgan fingerprint density at radius 1 is 1.22 bits per heavy atom. The van der Waals surface area contributed by atoms with E-state index < -0.39 is 19.9 Å². The average Bonchev–Trinajstić information content (AvgIpc) is 2.32. The van der Waals surface area contributed by atoms with Crippen molar-refractivity contribution >= 4 is 35.6 Å². The normalized spacial score (nSPS) is 23.7. The predicted molar refractivity (Wildman–Crippen MR) is 79.9 cm³/mol. The summed E-state index contributed by atoms with van der Waals surface area (Å²) < 4.78 is 22.6. The van der Waals surface area contributed by atoms with Crippen molar-refractivity contribution < 1.29 is 13.6 Å². The Bertz CT molecular complexity index is 469. The van der Waals surface area contributed by atoms with Gasteiger partial charge >= 0.3 is 0 Å². The molecule has 0 radical (unpaired) electrons. The monoisotopic (exact) mass is 357 g/mol. The van der Waals surface area contributed by atoms with Crippen LogP contribution in [-0.4, -0.2) is 47.1 Å². The zero-order chi connectivity index (χ0) is 14.4. The summed E-state index contributed by atoms with van der Waals surface area (Å²) in [5.41, 5.74) is 0.985. The zero-order valence-corrected chi connectivity index (χ0v) is 14.5. The standard InChI is InChI=1S/C11H20BrNO3S2/c1-10(2)8(6-12)9(7-17-18(5,15)16)11(3,4)13(10)14/h14H,6-7H2,1-5H3. The molecule has 0 atom stereocenters. The second-order valence-corrected chi connectivity index (χ2v) is 10.5. The van der Waals surface area contributed by atoms with Gasteiger partial charge in [-0.25, -0.2) is 8.42 Å². The van der Waals surface area contributed by atoms with Crippen LogP contribution in [0.1, 0.15) is 27.7 Å². The fraction of sp³-hybridized carbons (Fsp3) is 0.818. The molecule has 0 unspecified atom stereocenters. The van der Waals surface area contributed by atoms with Crippen LogP contribution in [0.4, 0.5) is 0 Å². The van der Waals surface area contributed by atoms with Gasteiger partial charge in [0.25, 0.3) is 0 Å². The molecule has 0 amide bonds. The van der Waals surface area contributed by atoms with Gasteiger partial charge in [-0.05, 0) is 49.6 Å². The van der Waals surface area contributed by atoms with E-state index >= 15 is 0 Å². The summed E-state index contributed by atoms with van der Waals surface area (Å²) in [6.07, 6.45) is 1.20. The van der Waals surface area contributed by atoms with E-state index in [1.807, 2.05) is 27.7 Å². The Labute approximate surface area is 121 Å². The minimum atomic E-state index is -3.08. The summed E-state index contributed by atoms with van der Waals surface area (Å²) in [6.45, 7) is 7.68. The van der Waals surface area contributed by atoms with Crippen LogP contribution in [0.15, 0.2) is 11.1 Å². The number of hydrogen-bond acceptors (Lipinski definition) is 5. The van der Waals surface area contributed by atoms with Gasteiger partial charge in [-0.1, -0.05) is 15.9 Å². The number of halogens is 1. The Balaban J connectivity index is 3.18. The molecule has 18 heavy (non-hydrogen) atoms. The molecule has 1 N–H and O–H groups in total. The molecule has 1 heterocycles. The van der Waals surface area contributed by atoms with Crippen molar-refractivity contribution in [1.29, 1.82) is 0 Å². The van der Waals surface area contributed by atoms with E-state index in [0.29, 0.717) is 11.1 Å². The molecule has 1 aliphatic heterocycles.